The molecule has 0 atom stereocenters. The highest BCUT2D eigenvalue weighted by atomic mass is 35.5. The van der Waals surface area contributed by atoms with Crippen LogP contribution in [0.25, 0.3) is 11.7 Å². The topological polar surface area (TPSA) is 95.8 Å². The molecule has 1 aliphatic rings. The molecule has 0 spiro atoms. The molecule has 2 aromatic heterocycles. The first kappa shape index (κ1) is 23.4. The third-order valence-corrected chi connectivity index (χ3v) is 6.05. The molecule has 1 saturated heterocycles. The summed E-state index contributed by atoms with van der Waals surface area (Å²) < 4.78 is 1.38. The molecule has 0 unspecified atom stereocenters. The maximum absolute atomic E-state index is 13.6. The zero-order valence-corrected chi connectivity index (χ0v) is 20.4. The average molecular weight is 516 g/mol. The molecule has 0 saturated carbocycles. The minimum atomic E-state index is -0.713. The van der Waals surface area contributed by atoms with E-state index >= 15 is 0 Å². The fourth-order valence-electron chi connectivity index (χ4n) is 3.77. The number of fused-ring (bicyclic) bond motifs is 1. The van der Waals surface area contributed by atoms with Gasteiger partial charge in [-0.15, -0.1) is 0 Å². The Kier molecular flexibility index (Phi) is 6.09. The molecule has 4 aromatic rings. The zero-order valence-electron chi connectivity index (χ0n) is 18.9. The summed E-state index contributed by atoms with van der Waals surface area (Å²) in [5.74, 6) is -1.19. The Bertz CT molecular complexity index is 1630. The molecule has 2 amide bonds. The average Bonchev–Trinajstić information content (AvgIpc) is 2.85. The second-order valence-electron chi connectivity index (χ2n) is 8.04. The number of thiocarbonyl (C=S) groups is 1. The maximum Gasteiger partial charge on any atom is 0.270 e. The summed E-state index contributed by atoms with van der Waals surface area (Å²) in [6.07, 6.45) is 2.90. The highest BCUT2D eigenvalue weighted by molar-refractivity contribution is 7.80. The van der Waals surface area contributed by atoms with Crippen molar-refractivity contribution in [2.75, 3.05) is 10.2 Å². The van der Waals surface area contributed by atoms with E-state index < -0.39 is 17.4 Å². The first-order chi connectivity index (χ1) is 17.3. The van der Waals surface area contributed by atoms with Crippen LogP contribution in [0.1, 0.15) is 11.1 Å². The third-order valence-electron chi connectivity index (χ3n) is 5.52. The molecule has 2 N–H and O–H groups in total. The summed E-state index contributed by atoms with van der Waals surface area (Å²) in [6, 6.07) is 19.2. The summed E-state index contributed by atoms with van der Waals surface area (Å²) >= 11 is 11.2. The fourth-order valence-corrected chi connectivity index (χ4v) is 4.18. The predicted octanol–water partition coefficient (Wildman–Crippen LogP) is 4.23. The Morgan fingerprint density at radius 2 is 1.72 bits per heavy atom. The van der Waals surface area contributed by atoms with Crippen molar-refractivity contribution in [3.8, 4) is 0 Å². The highest BCUT2D eigenvalue weighted by Gasteiger charge is 2.35. The number of para-hydroxylation sites is 1. The van der Waals surface area contributed by atoms with Crippen LogP contribution >= 0.6 is 23.8 Å². The molecule has 5 rings (SSSR count). The van der Waals surface area contributed by atoms with E-state index in [2.05, 4.69) is 15.6 Å². The zero-order chi connectivity index (χ0) is 25.4. The Labute approximate surface area is 215 Å². The van der Waals surface area contributed by atoms with E-state index in [9.17, 15) is 14.4 Å². The van der Waals surface area contributed by atoms with Crippen LogP contribution in [0.5, 0.6) is 0 Å². The molecule has 1 fully saturated rings. The van der Waals surface area contributed by atoms with Crippen molar-refractivity contribution in [2.24, 2.45) is 0 Å². The largest absolute Gasteiger partial charge is 0.339 e. The minimum Gasteiger partial charge on any atom is -0.339 e. The molecule has 2 aromatic carbocycles. The number of benzene rings is 2. The molecule has 36 heavy (non-hydrogen) atoms. The molecule has 8 nitrogen and oxygen atoms in total. The number of aromatic nitrogens is 2. The lowest BCUT2D eigenvalue weighted by Gasteiger charge is -2.29. The van der Waals surface area contributed by atoms with Crippen molar-refractivity contribution in [3.63, 3.8) is 0 Å². The van der Waals surface area contributed by atoms with Crippen molar-refractivity contribution in [1.82, 2.24) is 14.7 Å². The van der Waals surface area contributed by atoms with E-state index in [-0.39, 0.29) is 22.1 Å². The first-order valence-corrected chi connectivity index (χ1v) is 11.6. The monoisotopic (exact) mass is 515 g/mol. The second-order valence-corrected chi connectivity index (χ2v) is 8.86. The van der Waals surface area contributed by atoms with Gasteiger partial charge in [-0.1, -0.05) is 35.9 Å². The molecule has 3 heterocycles. The van der Waals surface area contributed by atoms with Crippen LogP contribution in [0.2, 0.25) is 5.02 Å². The van der Waals surface area contributed by atoms with Gasteiger partial charge in [-0.25, -0.2) is 4.98 Å². The summed E-state index contributed by atoms with van der Waals surface area (Å²) in [4.78, 5) is 45.7. The summed E-state index contributed by atoms with van der Waals surface area (Å²) in [5, 5.41) is 6.07. The summed E-state index contributed by atoms with van der Waals surface area (Å²) in [5.41, 5.74) is 1.71. The quantitative estimate of drug-likeness (QED) is 0.240. The lowest BCUT2D eigenvalue weighted by atomic mass is 10.1. The molecule has 0 radical (unpaired) electrons. The number of hydrogen-bond donors (Lipinski definition) is 2. The van der Waals surface area contributed by atoms with Gasteiger partial charge in [0.25, 0.3) is 17.4 Å². The normalized spacial score (nSPS) is 14.9. The van der Waals surface area contributed by atoms with Gasteiger partial charge >= 0.3 is 0 Å². The van der Waals surface area contributed by atoms with Crippen LogP contribution in [0.4, 0.5) is 17.2 Å². The molecular formula is C26H18ClN5O3S. The number of anilines is 3. The lowest BCUT2D eigenvalue weighted by molar-refractivity contribution is -0.122. The maximum atomic E-state index is 13.6. The van der Waals surface area contributed by atoms with Crippen LogP contribution in [0.15, 0.2) is 83.3 Å². The Hall–Kier alpha value is -4.34. The number of halogens is 1. The number of rotatable bonds is 4. The van der Waals surface area contributed by atoms with Crippen LogP contribution in [0.3, 0.4) is 0 Å². The van der Waals surface area contributed by atoms with Gasteiger partial charge in [0.15, 0.2) is 5.11 Å². The van der Waals surface area contributed by atoms with Gasteiger partial charge in [0.05, 0.1) is 11.3 Å². The SMILES string of the molecule is Cc1ccc2nc(Nc3ccccc3)c(C=C3C(=O)NC(=S)N(c4ccc(Cl)cc4)C3=O)c(=O)n2c1. The van der Waals surface area contributed by atoms with E-state index in [4.69, 9.17) is 23.8 Å². The molecule has 1 aliphatic heterocycles. The molecule has 178 valence electrons. The van der Waals surface area contributed by atoms with E-state index in [1.807, 2.05) is 43.3 Å². The second kappa shape index (κ2) is 9.37. The number of aryl methyl sites for hydroxylation is 1. The van der Waals surface area contributed by atoms with Gasteiger partial charge in [-0.05, 0) is 73.2 Å². The highest BCUT2D eigenvalue weighted by Crippen LogP contribution is 2.25. The van der Waals surface area contributed by atoms with E-state index in [0.717, 1.165) is 5.56 Å². The third kappa shape index (κ3) is 4.37. The number of nitrogens with one attached hydrogen (secondary N) is 2. The van der Waals surface area contributed by atoms with Crippen LogP contribution in [-0.2, 0) is 9.59 Å². The van der Waals surface area contributed by atoms with E-state index in [0.29, 0.717) is 22.0 Å². The van der Waals surface area contributed by atoms with Gasteiger partial charge in [-0.2, -0.15) is 0 Å². The van der Waals surface area contributed by atoms with Gasteiger partial charge in [0.2, 0.25) is 0 Å². The smallest absolute Gasteiger partial charge is 0.270 e. The summed E-state index contributed by atoms with van der Waals surface area (Å²) in [7, 11) is 0. The van der Waals surface area contributed by atoms with Gasteiger partial charge in [0.1, 0.15) is 17.0 Å². The van der Waals surface area contributed by atoms with Crippen molar-refractivity contribution in [3.05, 3.63) is 105 Å². The van der Waals surface area contributed by atoms with Gasteiger partial charge in [0, 0.05) is 16.9 Å². The molecule has 0 aliphatic carbocycles. The van der Waals surface area contributed by atoms with Crippen LogP contribution < -0.4 is 21.1 Å². The minimum absolute atomic E-state index is 0.0457. The van der Waals surface area contributed by atoms with Crippen LogP contribution in [-0.4, -0.2) is 26.3 Å². The molecular weight excluding hydrogens is 498 g/mol. The lowest BCUT2D eigenvalue weighted by Crippen LogP contribution is -2.54. The number of carbonyl (C=O) groups excluding carboxylic acids is 2. The Balaban J connectivity index is 1.68. The first-order valence-electron chi connectivity index (χ1n) is 10.8. The molecule has 0 bridgehead atoms. The number of amides is 2. The van der Waals surface area contributed by atoms with Crippen molar-refractivity contribution in [2.45, 2.75) is 6.92 Å². The summed E-state index contributed by atoms with van der Waals surface area (Å²) in [6.45, 7) is 1.85. The fraction of sp³-hybridized carbons (Fsp3) is 0.0385. The number of pyridine rings is 1. The Morgan fingerprint density at radius 1 is 1.00 bits per heavy atom. The van der Waals surface area contributed by atoms with E-state index in [1.165, 1.54) is 15.4 Å². The van der Waals surface area contributed by atoms with Crippen molar-refractivity contribution in [1.29, 1.82) is 0 Å². The van der Waals surface area contributed by atoms with Crippen LogP contribution in [0, 0.1) is 6.92 Å². The van der Waals surface area contributed by atoms with E-state index in [1.54, 1.807) is 36.5 Å². The molecule has 10 heteroatoms. The van der Waals surface area contributed by atoms with Gasteiger partial charge in [-0.3, -0.25) is 29.0 Å². The number of carbonyl (C=O) groups is 2. The van der Waals surface area contributed by atoms with Gasteiger partial charge < -0.3 is 5.32 Å². The number of hydrogen-bond acceptors (Lipinski definition) is 6. The standard InChI is InChI=1S/C26H18ClN5O3S/c1-15-7-12-21-29-22(28-17-5-3-2-4-6-17)19(24(34)31(21)14-15)13-20-23(33)30-26(36)32(25(20)35)18-10-8-16(27)9-11-18/h2-14,28H,1H3,(H,30,33,36). The van der Waals surface area contributed by atoms with Crippen molar-refractivity contribution < 1.29 is 9.59 Å². The number of nitrogens with zero attached hydrogens (tertiary/aromatic N) is 3. The Morgan fingerprint density at radius 3 is 2.44 bits per heavy atom. The predicted molar refractivity (Wildman–Crippen MR) is 144 cm³/mol. The van der Waals surface area contributed by atoms with Crippen molar-refractivity contribution >= 4 is 69.7 Å².